The average Bonchev–Trinajstić information content (AvgIpc) is 3.44. The highest BCUT2D eigenvalue weighted by atomic mass is 32.1. The van der Waals surface area contributed by atoms with Crippen molar-refractivity contribution in [2.45, 2.75) is 44.6 Å². The molecule has 2 aromatic rings. The first-order chi connectivity index (χ1) is 13.7. The molecular formula is C22H26N2O3S. The molecule has 1 saturated carbocycles. The van der Waals surface area contributed by atoms with Crippen molar-refractivity contribution >= 4 is 28.8 Å². The Kier molecular flexibility index (Phi) is 5.95. The summed E-state index contributed by atoms with van der Waals surface area (Å²) in [5.41, 5.74) is 0.793. The van der Waals surface area contributed by atoms with Crippen LogP contribution in [0.3, 0.4) is 0 Å². The summed E-state index contributed by atoms with van der Waals surface area (Å²) in [7, 11) is 0. The standard InChI is InChI=1S/C22H26N2O3S/c25-20(23-22(16-6-1-2-7-16)19-10-5-15-28-19)11-12-21(26)24-13-14-27-18-9-4-3-8-17(18)24/h3-5,8-10,15-16,22H,1-2,6-7,11-14H2,(H,23,25). The Morgan fingerprint density at radius 3 is 2.75 bits per heavy atom. The van der Waals surface area contributed by atoms with Crippen LogP contribution in [0.4, 0.5) is 5.69 Å². The van der Waals surface area contributed by atoms with Gasteiger partial charge < -0.3 is 15.0 Å². The first-order valence-electron chi connectivity index (χ1n) is 10.1. The Morgan fingerprint density at radius 1 is 1.14 bits per heavy atom. The molecule has 148 valence electrons. The number of nitrogens with zero attached hydrogens (tertiary/aromatic N) is 1. The molecule has 0 radical (unpaired) electrons. The summed E-state index contributed by atoms with van der Waals surface area (Å²) >= 11 is 1.70. The molecule has 0 bridgehead atoms. The van der Waals surface area contributed by atoms with Gasteiger partial charge in [0.1, 0.15) is 12.4 Å². The summed E-state index contributed by atoms with van der Waals surface area (Å²) in [6.07, 6.45) is 5.21. The van der Waals surface area contributed by atoms with Gasteiger partial charge in [-0.15, -0.1) is 11.3 Å². The van der Waals surface area contributed by atoms with Gasteiger partial charge in [-0.2, -0.15) is 0 Å². The van der Waals surface area contributed by atoms with Gasteiger partial charge in [0.2, 0.25) is 11.8 Å². The minimum atomic E-state index is -0.0415. The minimum Gasteiger partial charge on any atom is -0.490 e. The van der Waals surface area contributed by atoms with Crippen molar-refractivity contribution in [3.63, 3.8) is 0 Å². The van der Waals surface area contributed by atoms with Crippen molar-refractivity contribution < 1.29 is 14.3 Å². The summed E-state index contributed by atoms with van der Waals surface area (Å²) in [5.74, 6) is 1.16. The Bertz CT molecular complexity index is 815. The van der Waals surface area contributed by atoms with Crippen LogP contribution in [0.1, 0.15) is 49.4 Å². The lowest BCUT2D eigenvalue weighted by atomic mass is 9.96. The number of ether oxygens (including phenoxy) is 1. The molecule has 1 aliphatic heterocycles. The van der Waals surface area contributed by atoms with E-state index in [-0.39, 0.29) is 30.7 Å². The number of hydrogen-bond acceptors (Lipinski definition) is 4. The third-order valence-electron chi connectivity index (χ3n) is 5.63. The van der Waals surface area contributed by atoms with Gasteiger partial charge in [0.15, 0.2) is 0 Å². The maximum absolute atomic E-state index is 12.7. The lowest BCUT2D eigenvalue weighted by Gasteiger charge is -2.29. The van der Waals surface area contributed by atoms with E-state index in [0.717, 1.165) is 24.3 Å². The van der Waals surface area contributed by atoms with Gasteiger partial charge in [0.25, 0.3) is 0 Å². The molecule has 2 aliphatic rings. The van der Waals surface area contributed by atoms with Crippen molar-refractivity contribution in [2.24, 2.45) is 5.92 Å². The second-order valence-electron chi connectivity index (χ2n) is 7.47. The van der Waals surface area contributed by atoms with Gasteiger partial charge >= 0.3 is 0 Å². The van der Waals surface area contributed by atoms with Crippen LogP contribution >= 0.6 is 11.3 Å². The van der Waals surface area contributed by atoms with Crippen LogP contribution in [0.2, 0.25) is 0 Å². The van der Waals surface area contributed by atoms with Gasteiger partial charge in [-0.05, 0) is 42.3 Å². The van der Waals surface area contributed by atoms with Crippen molar-refractivity contribution in [3.8, 4) is 5.75 Å². The number of benzene rings is 1. The molecule has 1 aromatic carbocycles. The summed E-state index contributed by atoms with van der Waals surface area (Å²) in [6.45, 7) is 1.01. The zero-order valence-electron chi connectivity index (χ0n) is 15.9. The monoisotopic (exact) mass is 398 g/mol. The maximum Gasteiger partial charge on any atom is 0.227 e. The Hall–Kier alpha value is -2.34. The molecule has 5 nitrogen and oxygen atoms in total. The number of nitrogens with one attached hydrogen (secondary N) is 1. The van der Waals surface area contributed by atoms with E-state index in [9.17, 15) is 9.59 Å². The van der Waals surface area contributed by atoms with Crippen LogP contribution < -0.4 is 15.0 Å². The number of carbonyl (C=O) groups is 2. The smallest absolute Gasteiger partial charge is 0.227 e. The van der Waals surface area contributed by atoms with Gasteiger partial charge in [0.05, 0.1) is 18.3 Å². The Morgan fingerprint density at radius 2 is 1.96 bits per heavy atom. The molecule has 1 aliphatic carbocycles. The zero-order valence-corrected chi connectivity index (χ0v) is 16.7. The number of fused-ring (bicyclic) bond motifs is 1. The fraction of sp³-hybridized carbons (Fsp3) is 0.455. The van der Waals surface area contributed by atoms with E-state index in [2.05, 4.69) is 16.8 Å². The van der Waals surface area contributed by atoms with Gasteiger partial charge in [0, 0.05) is 17.7 Å². The Labute approximate surface area is 169 Å². The highest BCUT2D eigenvalue weighted by Crippen LogP contribution is 2.37. The van der Waals surface area contributed by atoms with Crippen molar-refractivity contribution in [1.82, 2.24) is 5.32 Å². The van der Waals surface area contributed by atoms with E-state index in [0.29, 0.717) is 19.1 Å². The molecule has 28 heavy (non-hydrogen) atoms. The number of anilines is 1. The van der Waals surface area contributed by atoms with Crippen LogP contribution in [-0.4, -0.2) is 25.0 Å². The molecule has 6 heteroatoms. The summed E-state index contributed by atoms with van der Waals surface area (Å²) in [5, 5.41) is 5.27. The number of amides is 2. The summed E-state index contributed by atoms with van der Waals surface area (Å²) < 4.78 is 5.61. The van der Waals surface area contributed by atoms with E-state index in [1.54, 1.807) is 16.2 Å². The predicted octanol–water partition coefficient (Wildman–Crippen LogP) is 4.30. The summed E-state index contributed by atoms with van der Waals surface area (Å²) in [6, 6.07) is 11.8. The SMILES string of the molecule is O=C(CCC(=O)N1CCOc2ccccc21)NC(c1cccs1)C1CCCC1. The molecule has 4 rings (SSSR count). The topological polar surface area (TPSA) is 58.6 Å². The molecule has 2 heterocycles. The number of thiophene rings is 1. The maximum atomic E-state index is 12.7. The van der Waals surface area contributed by atoms with E-state index < -0.39 is 0 Å². The normalized spacial score (nSPS) is 17.6. The van der Waals surface area contributed by atoms with E-state index >= 15 is 0 Å². The molecule has 1 N–H and O–H groups in total. The van der Waals surface area contributed by atoms with Crippen molar-refractivity contribution in [2.75, 3.05) is 18.1 Å². The predicted molar refractivity (Wildman–Crippen MR) is 111 cm³/mol. The van der Waals surface area contributed by atoms with Crippen LogP contribution in [0.15, 0.2) is 41.8 Å². The number of hydrogen-bond donors (Lipinski definition) is 1. The van der Waals surface area contributed by atoms with E-state index in [1.807, 2.05) is 30.3 Å². The number of rotatable bonds is 6. The molecule has 1 fully saturated rings. The second kappa shape index (κ2) is 8.78. The van der Waals surface area contributed by atoms with Crippen molar-refractivity contribution in [1.29, 1.82) is 0 Å². The molecular weight excluding hydrogens is 372 g/mol. The fourth-order valence-electron chi connectivity index (χ4n) is 4.21. The average molecular weight is 399 g/mol. The molecule has 1 atom stereocenters. The van der Waals surface area contributed by atoms with Gasteiger partial charge in [-0.3, -0.25) is 9.59 Å². The quantitative estimate of drug-likeness (QED) is 0.789. The first-order valence-corrected chi connectivity index (χ1v) is 11.0. The lowest BCUT2D eigenvalue weighted by Crippen LogP contribution is -2.39. The van der Waals surface area contributed by atoms with Crippen LogP contribution in [0, 0.1) is 5.92 Å². The highest BCUT2D eigenvalue weighted by molar-refractivity contribution is 7.10. The third-order valence-corrected chi connectivity index (χ3v) is 6.59. The molecule has 1 unspecified atom stereocenters. The van der Waals surface area contributed by atoms with E-state index in [1.165, 1.54) is 17.7 Å². The third kappa shape index (κ3) is 4.22. The van der Waals surface area contributed by atoms with E-state index in [4.69, 9.17) is 4.74 Å². The minimum absolute atomic E-state index is 0.0283. The molecule has 0 saturated heterocycles. The van der Waals surface area contributed by atoms with Crippen molar-refractivity contribution in [3.05, 3.63) is 46.7 Å². The number of para-hydroxylation sites is 2. The molecule has 0 spiro atoms. The Balaban J connectivity index is 1.35. The second-order valence-corrected chi connectivity index (χ2v) is 8.45. The molecule has 2 amide bonds. The van der Waals surface area contributed by atoms with Gasteiger partial charge in [-0.25, -0.2) is 0 Å². The van der Waals surface area contributed by atoms with Crippen LogP contribution in [0.5, 0.6) is 5.75 Å². The lowest BCUT2D eigenvalue weighted by molar-refractivity contribution is -0.126. The number of carbonyl (C=O) groups excluding carboxylic acids is 2. The zero-order chi connectivity index (χ0) is 19.3. The largest absolute Gasteiger partial charge is 0.490 e. The highest BCUT2D eigenvalue weighted by Gasteiger charge is 2.29. The summed E-state index contributed by atoms with van der Waals surface area (Å²) in [4.78, 5) is 28.3. The molecule has 1 aromatic heterocycles. The first kappa shape index (κ1) is 19.0. The fourth-order valence-corrected chi connectivity index (χ4v) is 5.08. The van der Waals surface area contributed by atoms with Gasteiger partial charge in [-0.1, -0.05) is 31.0 Å². The van der Waals surface area contributed by atoms with Crippen LogP contribution in [-0.2, 0) is 9.59 Å². The van der Waals surface area contributed by atoms with Crippen LogP contribution in [0.25, 0.3) is 0 Å².